The summed E-state index contributed by atoms with van der Waals surface area (Å²) < 4.78 is 38.9. The Labute approximate surface area is 177 Å². The van der Waals surface area contributed by atoms with Crippen LogP contribution in [-0.2, 0) is 16.5 Å². The van der Waals surface area contributed by atoms with Gasteiger partial charge in [-0.3, -0.25) is 4.55 Å². The smallest absolute Gasteiger partial charge is 0.870 e. The summed E-state index contributed by atoms with van der Waals surface area (Å²) in [6.45, 7) is 2.12. The largest absolute Gasteiger partial charge is 1.00 e. The second-order valence-electron chi connectivity index (χ2n) is 5.94. The average Bonchev–Trinajstić information content (AvgIpc) is 2.57. The van der Waals surface area contributed by atoms with Gasteiger partial charge in [0.15, 0.2) is 0 Å². The van der Waals surface area contributed by atoms with Crippen molar-refractivity contribution in [1.82, 2.24) is 0 Å². The Balaban J connectivity index is 0.00000338. The molecule has 0 fully saturated rings. The van der Waals surface area contributed by atoms with Crippen LogP contribution >= 0.6 is 0 Å². The van der Waals surface area contributed by atoms with Crippen molar-refractivity contribution in [2.75, 3.05) is 0 Å². The molecule has 2 rings (SSSR count). The Morgan fingerprint density at radius 2 is 1.65 bits per heavy atom. The number of para-hydroxylation sites is 1. The molecule has 0 spiro atoms. The van der Waals surface area contributed by atoms with Crippen LogP contribution in [-0.4, -0.2) is 13.0 Å². The monoisotopic (exact) mass is 386 g/mol. The maximum atomic E-state index is 12.2. The van der Waals surface area contributed by atoms with Crippen LogP contribution in [0.2, 0.25) is 0 Å². The van der Waals surface area contributed by atoms with Gasteiger partial charge in [0.1, 0.15) is 16.4 Å². The number of benzene rings is 2. The van der Waals surface area contributed by atoms with E-state index in [4.69, 9.17) is 4.74 Å². The second-order valence-corrected chi connectivity index (χ2v) is 7.29. The van der Waals surface area contributed by atoms with Gasteiger partial charge in [0.05, 0.1) is 0 Å². The molecule has 26 heavy (non-hydrogen) atoms. The molecule has 0 heterocycles. The van der Waals surface area contributed by atoms with Crippen molar-refractivity contribution in [1.29, 1.82) is 0 Å². The predicted octanol–water partition coefficient (Wildman–Crippen LogP) is 1.32. The summed E-state index contributed by atoms with van der Waals surface area (Å²) in [6, 6.07) is 11.2. The molecule has 0 unspecified atom stereocenters. The molecule has 0 bridgehead atoms. The number of unbranched alkanes of at least 4 members (excludes halogenated alkanes) is 4. The third kappa shape index (κ3) is 6.59. The molecule has 0 atom stereocenters. The van der Waals surface area contributed by atoms with Crippen LogP contribution in [0.25, 0.3) is 0 Å². The standard InChI is InChI=1S/C19H24O5S.Na/c1-2-3-4-5-7-10-15-13-14-17(20)18(19(15)25(21,22)23)24-16-11-8-6-9-12-16;/h6,8-9,11-14,20H,2-5,7,10H2,1H3,(H,21,22,23);/q;+1/p-1. The van der Waals surface area contributed by atoms with Gasteiger partial charge in [0.25, 0.3) is 10.1 Å². The van der Waals surface area contributed by atoms with Crippen LogP contribution in [0.5, 0.6) is 17.2 Å². The van der Waals surface area contributed by atoms with E-state index in [0.717, 1.165) is 32.1 Å². The van der Waals surface area contributed by atoms with E-state index in [1.807, 2.05) is 0 Å². The van der Waals surface area contributed by atoms with Crippen molar-refractivity contribution in [2.24, 2.45) is 0 Å². The summed E-state index contributed by atoms with van der Waals surface area (Å²) in [4.78, 5) is -0.417. The predicted molar refractivity (Wildman–Crippen MR) is 94.7 cm³/mol. The van der Waals surface area contributed by atoms with Crippen LogP contribution in [0.15, 0.2) is 47.4 Å². The first-order valence-corrected chi connectivity index (χ1v) is 9.90. The first kappa shape index (κ1) is 23.0. The number of hydrogen-bond acceptors (Lipinski definition) is 4. The van der Waals surface area contributed by atoms with Crippen molar-refractivity contribution in [3.05, 3.63) is 48.0 Å². The molecule has 5 nitrogen and oxygen atoms in total. The molecule has 0 amide bonds. The van der Waals surface area contributed by atoms with Crippen LogP contribution in [0, 0.1) is 0 Å². The Morgan fingerprint density at radius 1 is 1.00 bits per heavy atom. The van der Waals surface area contributed by atoms with Gasteiger partial charge in [-0.05, 0) is 30.5 Å². The number of ether oxygens (including phenoxy) is 1. The van der Waals surface area contributed by atoms with Crippen molar-refractivity contribution < 1.29 is 52.4 Å². The van der Waals surface area contributed by atoms with Crippen LogP contribution in [0.1, 0.15) is 44.6 Å². The molecule has 0 saturated carbocycles. The first-order chi connectivity index (χ1) is 11.9. The van der Waals surface area contributed by atoms with E-state index in [1.54, 1.807) is 30.3 Å². The maximum absolute atomic E-state index is 12.2. The van der Waals surface area contributed by atoms with E-state index >= 15 is 0 Å². The van der Waals surface area contributed by atoms with Gasteiger partial charge >= 0.3 is 29.6 Å². The molecule has 2 aromatic carbocycles. The zero-order chi connectivity index (χ0) is 18.3. The molecule has 136 valence electrons. The van der Waals surface area contributed by atoms with Gasteiger partial charge in [0, 0.05) is 0 Å². The minimum atomic E-state index is -4.58. The van der Waals surface area contributed by atoms with E-state index in [-0.39, 0.29) is 35.3 Å². The maximum Gasteiger partial charge on any atom is 1.00 e. The Bertz CT molecular complexity index is 791. The second kappa shape index (κ2) is 10.9. The summed E-state index contributed by atoms with van der Waals surface area (Å²) in [7, 11) is -4.58. The Kier molecular flexibility index (Phi) is 9.68. The summed E-state index contributed by atoms with van der Waals surface area (Å²) in [6.07, 6.45) is 5.54. The van der Waals surface area contributed by atoms with E-state index in [1.165, 1.54) is 12.1 Å². The Morgan fingerprint density at radius 3 is 2.27 bits per heavy atom. The first-order valence-electron chi connectivity index (χ1n) is 8.46. The molecular formula is C19H23NaO5S. The zero-order valence-electron chi connectivity index (χ0n) is 15.3. The van der Waals surface area contributed by atoms with Gasteiger partial charge in [-0.25, -0.2) is 0 Å². The number of aryl methyl sites for hydroxylation is 1. The van der Waals surface area contributed by atoms with Crippen LogP contribution in [0.3, 0.4) is 0 Å². The third-order valence-electron chi connectivity index (χ3n) is 3.93. The summed E-state index contributed by atoms with van der Waals surface area (Å²) >= 11 is 0. The summed E-state index contributed by atoms with van der Waals surface area (Å²) in [5, 5.41) is 12.2. The molecule has 0 radical (unpaired) electrons. The zero-order valence-corrected chi connectivity index (χ0v) is 18.1. The summed E-state index contributed by atoms with van der Waals surface area (Å²) in [5.41, 5.74) is 0.407. The van der Waals surface area contributed by atoms with E-state index in [2.05, 4.69) is 6.92 Å². The van der Waals surface area contributed by atoms with E-state index < -0.39 is 20.8 Å². The molecule has 0 aromatic heterocycles. The molecule has 0 aliphatic carbocycles. The summed E-state index contributed by atoms with van der Waals surface area (Å²) in [5.74, 6) is -0.587. The Hall–Kier alpha value is -1.05. The van der Waals surface area contributed by atoms with Gasteiger partial charge < -0.3 is 9.84 Å². The quantitative estimate of drug-likeness (QED) is 0.399. The molecule has 2 aromatic rings. The van der Waals surface area contributed by atoms with Crippen molar-refractivity contribution >= 4 is 10.1 Å². The van der Waals surface area contributed by atoms with Gasteiger partial charge in [0.2, 0.25) is 0 Å². The van der Waals surface area contributed by atoms with Crippen molar-refractivity contribution in [2.45, 2.75) is 50.3 Å². The molecule has 0 saturated heterocycles. The molecule has 7 heteroatoms. The minimum Gasteiger partial charge on any atom is -0.870 e. The average molecular weight is 386 g/mol. The number of hydrogen-bond donors (Lipinski definition) is 1. The van der Waals surface area contributed by atoms with Crippen LogP contribution in [0.4, 0.5) is 0 Å². The minimum absolute atomic E-state index is 0. The third-order valence-corrected chi connectivity index (χ3v) is 4.89. The van der Waals surface area contributed by atoms with Crippen molar-refractivity contribution in [3.8, 4) is 17.2 Å². The topological polar surface area (TPSA) is 86.7 Å². The fourth-order valence-corrected chi connectivity index (χ4v) is 3.57. The number of rotatable bonds is 9. The molecular weight excluding hydrogens is 363 g/mol. The fourth-order valence-electron chi connectivity index (χ4n) is 2.69. The molecule has 0 aliphatic rings. The molecule has 0 aliphatic heterocycles. The SMILES string of the molecule is CCCCCCCc1ccc([O-])c(Oc2ccccc2)c1S(=O)(=O)O.[Na+]. The molecule has 1 N–H and O–H groups in total. The van der Waals surface area contributed by atoms with Crippen molar-refractivity contribution in [3.63, 3.8) is 0 Å². The van der Waals surface area contributed by atoms with Gasteiger partial charge in [-0.15, -0.1) is 0 Å². The normalized spacial score (nSPS) is 11.0. The van der Waals surface area contributed by atoms with E-state index in [9.17, 15) is 18.1 Å². The van der Waals surface area contributed by atoms with E-state index in [0.29, 0.717) is 17.7 Å². The van der Waals surface area contributed by atoms with Crippen LogP contribution < -0.4 is 39.4 Å². The van der Waals surface area contributed by atoms with Gasteiger partial charge in [-0.2, -0.15) is 8.42 Å². The van der Waals surface area contributed by atoms with Gasteiger partial charge in [-0.1, -0.05) is 68.7 Å². The fraction of sp³-hybridized carbons (Fsp3) is 0.368.